The molecule has 0 bridgehead atoms. The van der Waals surface area contributed by atoms with E-state index in [4.69, 9.17) is 0 Å². The minimum absolute atomic E-state index is 0.0972. The van der Waals surface area contributed by atoms with E-state index in [1.54, 1.807) is 7.05 Å². The van der Waals surface area contributed by atoms with Gasteiger partial charge in [0.2, 0.25) is 5.91 Å². The summed E-state index contributed by atoms with van der Waals surface area (Å²) < 4.78 is 0. The van der Waals surface area contributed by atoms with Gasteiger partial charge in [0.15, 0.2) is 0 Å². The number of rotatable bonds is 1. The zero-order valence-electron chi connectivity index (χ0n) is 6.99. The van der Waals surface area contributed by atoms with Crippen molar-refractivity contribution in [3.63, 3.8) is 0 Å². The van der Waals surface area contributed by atoms with Crippen LogP contribution in [0.2, 0.25) is 0 Å². The number of hydrogen-bond acceptors (Lipinski definition) is 1. The average Bonchev–Trinajstić information content (AvgIpc) is 1.91. The number of amides is 1. The fourth-order valence-electron chi connectivity index (χ4n) is 0.289. The molecule has 0 atom stereocenters. The highest BCUT2D eigenvalue weighted by atomic mass is 16.1. The molecule has 0 spiro atoms. The molecule has 0 aliphatic carbocycles. The maximum atomic E-state index is 10.4. The van der Waals surface area contributed by atoms with E-state index in [1.807, 2.05) is 27.7 Å². The molecular weight excluding hydrogens is 114 g/mol. The molecule has 0 aliphatic heterocycles. The van der Waals surface area contributed by atoms with Gasteiger partial charge >= 0.3 is 0 Å². The Morgan fingerprint density at radius 2 is 1.67 bits per heavy atom. The topological polar surface area (TPSA) is 29.1 Å². The van der Waals surface area contributed by atoms with E-state index in [1.165, 1.54) is 0 Å². The van der Waals surface area contributed by atoms with Crippen molar-refractivity contribution in [1.29, 1.82) is 0 Å². The summed E-state index contributed by atoms with van der Waals surface area (Å²) in [6.07, 6.45) is 0. The molecule has 2 heteroatoms. The Kier molecular flexibility index (Phi) is 9.37. The molecule has 0 heterocycles. The van der Waals surface area contributed by atoms with Crippen LogP contribution in [0.15, 0.2) is 0 Å². The predicted octanol–water partition coefficient (Wildman–Crippen LogP) is 1.41. The third kappa shape index (κ3) is 7.47. The zero-order chi connectivity index (χ0) is 7.86. The van der Waals surface area contributed by atoms with Gasteiger partial charge in [-0.2, -0.15) is 0 Å². The van der Waals surface area contributed by atoms with Crippen LogP contribution in [0.5, 0.6) is 0 Å². The molecule has 0 rings (SSSR count). The van der Waals surface area contributed by atoms with Crippen molar-refractivity contribution in [1.82, 2.24) is 5.32 Å². The molecule has 2 nitrogen and oxygen atoms in total. The smallest absolute Gasteiger partial charge is 0.222 e. The van der Waals surface area contributed by atoms with E-state index in [-0.39, 0.29) is 11.8 Å². The predicted molar refractivity (Wildman–Crippen MR) is 40.3 cm³/mol. The molecule has 0 saturated heterocycles. The first-order valence-corrected chi connectivity index (χ1v) is 3.40. The van der Waals surface area contributed by atoms with Gasteiger partial charge in [-0.1, -0.05) is 27.7 Å². The lowest BCUT2D eigenvalue weighted by atomic mass is 10.2. The van der Waals surface area contributed by atoms with Gasteiger partial charge in [0.25, 0.3) is 0 Å². The molecular formula is C7H17NO. The average molecular weight is 131 g/mol. The van der Waals surface area contributed by atoms with Crippen molar-refractivity contribution in [3.8, 4) is 0 Å². The third-order valence-electron chi connectivity index (χ3n) is 0.771. The van der Waals surface area contributed by atoms with Crippen LogP contribution < -0.4 is 5.32 Å². The van der Waals surface area contributed by atoms with Crippen LogP contribution in [0.4, 0.5) is 0 Å². The summed E-state index contributed by atoms with van der Waals surface area (Å²) in [7, 11) is 1.64. The minimum atomic E-state index is 0.0972. The first-order valence-electron chi connectivity index (χ1n) is 3.40. The Balaban J connectivity index is 0. The normalized spacial score (nSPS) is 7.78. The van der Waals surface area contributed by atoms with E-state index >= 15 is 0 Å². The van der Waals surface area contributed by atoms with Crippen molar-refractivity contribution in [3.05, 3.63) is 0 Å². The second-order valence-electron chi connectivity index (χ2n) is 1.77. The molecule has 0 aromatic carbocycles. The van der Waals surface area contributed by atoms with Gasteiger partial charge in [0, 0.05) is 13.0 Å². The van der Waals surface area contributed by atoms with Crippen LogP contribution in [-0.4, -0.2) is 13.0 Å². The van der Waals surface area contributed by atoms with Gasteiger partial charge in [-0.3, -0.25) is 4.79 Å². The minimum Gasteiger partial charge on any atom is -0.359 e. The van der Waals surface area contributed by atoms with Crippen LogP contribution >= 0.6 is 0 Å². The Morgan fingerprint density at radius 1 is 1.33 bits per heavy atom. The molecule has 0 saturated carbocycles. The van der Waals surface area contributed by atoms with E-state index in [2.05, 4.69) is 5.32 Å². The Hall–Kier alpha value is -0.530. The Morgan fingerprint density at radius 3 is 1.67 bits per heavy atom. The number of carbonyl (C=O) groups excluding carboxylic acids is 1. The lowest BCUT2D eigenvalue weighted by Gasteiger charge is -1.98. The lowest BCUT2D eigenvalue weighted by molar-refractivity contribution is -0.123. The molecule has 0 fully saturated rings. The first kappa shape index (κ1) is 11.3. The summed E-state index contributed by atoms with van der Waals surface area (Å²) >= 11 is 0. The van der Waals surface area contributed by atoms with Crippen molar-refractivity contribution in [2.24, 2.45) is 5.92 Å². The van der Waals surface area contributed by atoms with Gasteiger partial charge in [-0.15, -0.1) is 0 Å². The third-order valence-corrected chi connectivity index (χ3v) is 0.771. The highest BCUT2D eigenvalue weighted by Gasteiger charge is 2.00. The SMILES string of the molecule is CC.CNC(=O)C(C)C. The van der Waals surface area contributed by atoms with Gasteiger partial charge in [0.1, 0.15) is 0 Å². The standard InChI is InChI=1S/C5H11NO.C2H6/c1-4(2)5(7)6-3;1-2/h4H,1-3H3,(H,6,7);1-2H3. The van der Waals surface area contributed by atoms with Crippen LogP contribution in [-0.2, 0) is 4.79 Å². The van der Waals surface area contributed by atoms with Crippen molar-refractivity contribution < 1.29 is 4.79 Å². The van der Waals surface area contributed by atoms with Gasteiger partial charge in [0.05, 0.1) is 0 Å². The maximum absolute atomic E-state index is 10.4. The van der Waals surface area contributed by atoms with E-state index < -0.39 is 0 Å². The fraction of sp³-hybridized carbons (Fsp3) is 0.857. The summed E-state index contributed by atoms with van der Waals surface area (Å²) in [4.78, 5) is 10.4. The van der Waals surface area contributed by atoms with Gasteiger partial charge in [-0.25, -0.2) is 0 Å². The molecule has 0 aliphatic rings. The maximum Gasteiger partial charge on any atom is 0.222 e. The van der Waals surface area contributed by atoms with E-state index in [9.17, 15) is 4.79 Å². The first-order chi connectivity index (χ1) is 4.18. The Labute approximate surface area is 57.6 Å². The van der Waals surface area contributed by atoms with Gasteiger partial charge in [-0.05, 0) is 0 Å². The molecule has 1 amide bonds. The molecule has 56 valence electrons. The second kappa shape index (κ2) is 7.47. The van der Waals surface area contributed by atoms with Crippen molar-refractivity contribution in [2.75, 3.05) is 7.05 Å². The molecule has 0 unspecified atom stereocenters. The summed E-state index contributed by atoms with van der Waals surface area (Å²) in [6, 6.07) is 0. The van der Waals surface area contributed by atoms with E-state index in [0.29, 0.717) is 0 Å². The summed E-state index contributed by atoms with van der Waals surface area (Å²) in [5.41, 5.74) is 0. The molecule has 0 aromatic heterocycles. The molecule has 0 radical (unpaired) electrons. The van der Waals surface area contributed by atoms with Gasteiger partial charge < -0.3 is 5.32 Å². The van der Waals surface area contributed by atoms with Crippen LogP contribution in [0, 0.1) is 5.92 Å². The second-order valence-corrected chi connectivity index (χ2v) is 1.77. The molecule has 9 heavy (non-hydrogen) atoms. The lowest BCUT2D eigenvalue weighted by Crippen LogP contribution is -2.22. The summed E-state index contributed by atoms with van der Waals surface area (Å²) in [5, 5.41) is 2.53. The van der Waals surface area contributed by atoms with Crippen LogP contribution in [0.3, 0.4) is 0 Å². The number of carbonyl (C=O) groups is 1. The molecule has 0 aromatic rings. The fourth-order valence-corrected chi connectivity index (χ4v) is 0.289. The number of nitrogens with one attached hydrogen (secondary N) is 1. The van der Waals surface area contributed by atoms with Crippen molar-refractivity contribution in [2.45, 2.75) is 27.7 Å². The highest BCUT2D eigenvalue weighted by molar-refractivity contribution is 5.77. The Bertz CT molecular complexity index is 69.3. The quantitative estimate of drug-likeness (QED) is 0.573. The summed E-state index contributed by atoms with van der Waals surface area (Å²) in [6.45, 7) is 7.72. The number of hydrogen-bond donors (Lipinski definition) is 1. The van der Waals surface area contributed by atoms with Crippen LogP contribution in [0.25, 0.3) is 0 Å². The van der Waals surface area contributed by atoms with E-state index in [0.717, 1.165) is 0 Å². The summed E-state index contributed by atoms with van der Waals surface area (Å²) in [5.74, 6) is 0.213. The molecule has 1 N–H and O–H groups in total. The zero-order valence-corrected chi connectivity index (χ0v) is 6.99. The van der Waals surface area contributed by atoms with Crippen LogP contribution in [0.1, 0.15) is 27.7 Å². The highest BCUT2D eigenvalue weighted by Crippen LogP contribution is 1.87. The van der Waals surface area contributed by atoms with Crippen molar-refractivity contribution >= 4 is 5.91 Å². The largest absolute Gasteiger partial charge is 0.359 e. The monoisotopic (exact) mass is 131 g/mol.